The molecule has 7 heavy (non-hydrogen) atoms. The van der Waals surface area contributed by atoms with E-state index in [1.165, 1.54) is 0 Å². The first kappa shape index (κ1) is 11.2. The summed E-state index contributed by atoms with van der Waals surface area (Å²) in [4.78, 5) is 0. The molecule has 0 spiro atoms. The molecule has 0 aliphatic rings. The molecular formula is CH3BrNaO3S+. The van der Waals surface area contributed by atoms with Gasteiger partial charge in [0, 0.05) is 0 Å². The molecule has 0 aliphatic heterocycles. The molecule has 3 nitrogen and oxygen atoms in total. The van der Waals surface area contributed by atoms with Gasteiger partial charge in [-0.1, -0.05) is 15.9 Å². The Labute approximate surface area is 72.6 Å². The van der Waals surface area contributed by atoms with Crippen molar-refractivity contribution in [1.82, 2.24) is 0 Å². The van der Waals surface area contributed by atoms with Crippen molar-refractivity contribution in [3.8, 4) is 0 Å². The van der Waals surface area contributed by atoms with Crippen molar-refractivity contribution in [1.29, 1.82) is 0 Å². The third-order valence-corrected chi connectivity index (χ3v) is 2.15. The summed E-state index contributed by atoms with van der Waals surface area (Å²) in [7, 11) is -3.75. The van der Waals surface area contributed by atoms with Gasteiger partial charge < -0.3 is 0 Å². The van der Waals surface area contributed by atoms with Crippen LogP contribution in [0, 0.1) is 0 Å². The number of hydrogen-bond donors (Lipinski definition) is 1. The molecule has 0 heterocycles. The molecule has 0 rings (SSSR count). The zero-order valence-electron chi connectivity index (χ0n) is 3.76. The molecule has 0 saturated heterocycles. The molecule has 0 aromatic heterocycles. The van der Waals surface area contributed by atoms with Gasteiger partial charge in [0.25, 0.3) is 10.1 Å². The van der Waals surface area contributed by atoms with Gasteiger partial charge in [0.15, 0.2) is 0 Å². The summed E-state index contributed by atoms with van der Waals surface area (Å²) in [5.41, 5.74) is 0. The first-order valence-corrected chi connectivity index (χ1v) is 3.80. The van der Waals surface area contributed by atoms with Crippen LogP contribution < -0.4 is 29.6 Å². The minimum atomic E-state index is -3.75. The third kappa shape index (κ3) is 11.1. The van der Waals surface area contributed by atoms with E-state index < -0.39 is 10.1 Å². The normalized spacial score (nSPS) is 10.0. The van der Waals surface area contributed by atoms with Crippen LogP contribution in [0.25, 0.3) is 0 Å². The van der Waals surface area contributed by atoms with E-state index in [1.54, 1.807) is 0 Å². The van der Waals surface area contributed by atoms with Crippen molar-refractivity contribution in [2.75, 3.05) is 4.66 Å². The molecule has 0 aromatic carbocycles. The van der Waals surface area contributed by atoms with Crippen LogP contribution in [0.1, 0.15) is 0 Å². The van der Waals surface area contributed by atoms with Crippen LogP contribution in [0.15, 0.2) is 0 Å². The van der Waals surface area contributed by atoms with Gasteiger partial charge in [0.2, 0.25) is 0 Å². The maximum Gasteiger partial charge on any atom is 1.00 e. The monoisotopic (exact) mass is 197 g/mol. The maximum absolute atomic E-state index is 9.51. The molecule has 0 amide bonds. The zero-order valence-corrected chi connectivity index (χ0v) is 8.16. The second-order valence-electron chi connectivity index (χ2n) is 0.691. The van der Waals surface area contributed by atoms with Crippen LogP contribution in [0.3, 0.4) is 0 Å². The number of alkyl halides is 1. The van der Waals surface area contributed by atoms with Gasteiger partial charge in [-0.15, -0.1) is 0 Å². The van der Waals surface area contributed by atoms with E-state index in [9.17, 15) is 8.42 Å². The quantitative estimate of drug-likeness (QED) is 0.282. The molecule has 0 fully saturated rings. The molecule has 0 saturated carbocycles. The molecule has 0 bridgehead atoms. The summed E-state index contributed by atoms with van der Waals surface area (Å²) in [6.45, 7) is 0. The summed E-state index contributed by atoms with van der Waals surface area (Å²) >= 11 is 2.53. The predicted molar refractivity (Wildman–Crippen MR) is 25.3 cm³/mol. The molecular weight excluding hydrogens is 195 g/mol. The van der Waals surface area contributed by atoms with Crippen LogP contribution in [0.5, 0.6) is 0 Å². The Bertz CT molecular complexity index is 117. The molecule has 0 unspecified atom stereocenters. The summed E-state index contributed by atoms with van der Waals surface area (Å²) < 4.78 is 26.4. The summed E-state index contributed by atoms with van der Waals surface area (Å²) in [6, 6.07) is 0. The zero-order chi connectivity index (χ0) is 5.21. The van der Waals surface area contributed by atoms with E-state index >= 15 is 0 Å². The smallest absolute Gasteiger partial charge is 0.285 e. The van der Waals surface area contributed by atoms with Crippen LogP contribution in [0.4, 0.5) is 0 Å². The van der Waals surface area contributed by atoms with Crippen LogP contribution >= 0.6 is 15.9 Å². The fourth-order valence-electron chi connectivity index (χ4n) is 0. The van der Waals surface area contributed by atoms with Crippen molar-refractivity contribution in [3.05, 3.63) is 0 Å². The topological polar surface area (TPSA) is 54.4 Å². The average Bonchev–Trinajstić information content (AvgIpc) is 1.35. The molecule has 0 radical (unpaired) electrons. The summed E-state index contributed by atoms with van der Waals surface area (Å²) in [5.74, 6) is 0. The van der Waals surface area contributed by atoms with Crippen molar-refractivity contribution >= 4 is 26.0 Å². The van der Waals surface area contributed by atoms with Crippen molar-refractivity contribution in [2.24, 2.45) is 0 Å². The van der Waals surface area contributed by atoms with Crippen molar-refractivity contribution < 1.29 is 42.5 Å². The Balaban J connectivity index is 0. The van der Waals surface area contributed by atoms with E-state index in [0.717, 1.165) is 0 Å². The van der Waals surface area contributed by atoms with E-state index in [4.69, 9.17) is 4.55 Å². The number of hydrogen-bond acceptors (Lipinski definition) is 2. The molecule has 1 N–H and O–H groups in total. The maximum atomic E-state index is 9.51. The van der Waals surface area contributed by atoms with E-state index in [-0.39, 0.29) is 34.2 Å². The van der Waals surface area contributed by atoms with Gasteiger partial charge in [-0.2, -0.15) is 8.42 Å². The Hall–Kier alpha value is 1.39. The summed E-state index contributed by atoms with van der Waals surface area (Å²) in [6.07, 6.45) is 0. The van der Waals surface area contributed by atoms with Gasteiger partial charge in [0.05, 0.1) is 0 Å². The van der Waals surface area contributed by atoms with Gasteiger partial charge in [-0.05, 0) is 0 Å². The number of rotatable bonds is 1. The Morgan fingerprint density at radius 3 is 1.71 bits per heavy atom. The SMILES string of the molecule is O=S(=O)(O)CBr.[Na+]. The standard InChI is InChI=1S/CH3BrO3S.Na/c2-1-6(3,4)5;/h1H2,(H,3,4,5);/q;+1. The Morgan fingerprint density at radius 2 is 1.71 bits per heavy atom. The molecule has 0 aromatic rings. The first-order chi connectivity index (χ1) is 2.56. The van der Waals surface area contributed by atoms with Crippen molar-refractivity contribution in [3.63, 3.8) is 0 Å². The minimum Gasteiger partial charge on any atom is -0.285 e. The van der Waals surface area contributed by atoms with Crippen LogP contribution in [-0.4, -0.2) is 17.6 Å². The van der Waals surface area contributed by atoms with E-state index in [1.807, 2.05) is 0 Å². The third-order valence-electron chi connectivity index (χ3n) is 0.138. The Morgan fingerprint density at radius 1 is 1.57 bits per heavy atom. The predicted octanol–water partition coefficient (Wildman–Crippen LogP) is -2.77. The molecule has 6 heteroatoms. The molecule has 0 aliphatic carbocycles. The minimum absolute atomic E-state index is 0. The van der Waals surface area contributed by atoms with E-state index in [0.29, 0.717) is 0 Å². The summed E-state index contributed by atoms with van der Waals surface area (Å²) in [5, 5.41) is 0. The van der Waals surface area contributed by atoms with Gasteiger partial charge >= 0.3 is 29.6 Å². The van der Waals surface area contributed by atoms with Crippen LogP contribution in [0.2, 0.25) is 0 Å². The van der Waals surface area contributed by atoms with E-state index in [2.05, 4.69) is 15.9 Å². The van der Waals surface area contributed by atoms with Gasteiger partial charge in [-0.3, -0.25) is 4.55 Å². The number of halogens is 1. The fourth-order valence-corrected chi connectivity index (χ4v) is 0. The second-order valence-corrected chi connectivity index (χ2v) is 3.45. The molecule has 0 atom stereocenters. The van der Waals surface area contributed by atoms with Crippen LogP contribution in [-0.2, 0) is 10.1 Å². The van der Waals surface area contributed by atoms with Gasteiger partial charge in [0.1, 0.15) is 4.66 Å². The van der Waals surface area contributed by atoms with Crippen molar-refractivity contribution in [2.45, 2.75) is 0 Å². The molecule has 38 valence electrons. The second kappa shape index (κ2) is 4.29. The largest absolute Gasteiger partial charge is 1.00 e. The first-order valence-electron chi connectivity index (χ1n) is 1.07. The fraction of sp³-hybridized carbons (Fsp3) is 1.00. The average molecular weight is 198 g/mol. The van der Waals surface area contributed by atoms with Gasteiger partial charge in [-0.25, -0.2) is 0 Å². The Kier molecular flexibility index (Phi) is 6.87.